The molecule has 7 nitrogen and oxygen atoms in total. The number of ether oxygens (including phenoxy) is 1. The molecule has 132 valence electrons. The van der Waals surface area contributed by atoms with Gasteiger partial charge in [0.05, 0.1) is 12.0 Å². The summed E-state index contributed by atoms with van der Waals surface area (Å²) in [6.45, 7) is 0.142. The Morgan fingerprint density at radius 3 is 2.52 bits per heavy atom. The molecule has 0 saturated carbocycles. The molecule has 0 aromatic heterocycles. The van der Waals surface area contributed by atoms with Gasteiger partial charge in [-0.3, -0.25) is 10.0 Å². The first-order chi connectivity index (χ1) is 12.0. The Bertz CT molecular complexity index is 880. The summed E-state index contributed by atoms with van der Waals surface area (Å²) in [6, 6.07) is 12.0. The second-order valence-electron chi connectivity index (χ2n) is 5.62. The van der Waals surface area contributed by atoms with Gasteiger partial charge in [0.25, 0.3) is 5.91 Å². The molecule has 3 rings (SSSR count). The molecule has 1 amide bonds. The Kier molecular flexibility index (Phi) is 4.76. The SMILES string of the molecule is COc1ccc(S(=O)(=O)N2CCc3ccccc3C2C(=O)NO)cc1. The van der Waals surface area contributed by atoms with Crippen molar-refractivity contribution >= 4 is 15.9 Å². The molecule has 2 aromatic rings. The first-order valence-electron chi connectivity index (χ1n) is 7.66. The van der Waals surface area contributed by atoms with Gasteiger partial charge in [0, 0.05) is 6.54 Å². The van der Waals surface area contributed by atoms with Crippen LogP contribution in [-0.2, 0) is 21.2 Å². The lowest BCUT2D eigenvalue weighted by Gasteiger charge is -2.34. The number of sulfonamides is 1. The Morgan fingerprint density at radius 2 is 1.88 bits per heavy atom. The van der Waals surface area contributed by atoms with Gasteiger partial charge >= 0.3 is 0 Å². The van der Waals surface area contributed by atoms with E-state index >= 15 is 0 Å². The van der Waals surface area contributed by atoms with E-state index in [4.69, 9.17) is 9.94 Å². The van der Waals surface area contributed by atoms with Gasteiger partial charge in [0.1, 0.15) is 11.8 Å². The molecule has 0 spiro atoms. The van der Waals surface area contributed by atoms with Crippen LogP contribution in [0.1, 0.15) is 17.2 Å². The maximum Gasteiger partial charge on any atom is 0.266 e. The maximum atomic E-state index is 13.1. The van der Waals surface area contributed by atoms with E-state index in [0.29, 0.717) is 17.7 Å². The van der Waals surface area contributed by atoms with Crippen LogP contribution >= 0.6 is 0 Å². The third-order valence-corrected chi connectivity index (χ3v) is 6.14. The summed E-state index contributed by atoms with van der Waals surface area (Å²) >= 11 is 0. The van der Waals surface area contributed by atoms with Crippen LogP contribution in [0.25, 0.3) is 0 Å². The highest BCUT2D eigenvalue weighted by molar-refractivity contribution is 7.89. The summed E-state index contributed by atoms with van der Waals surface area (Å²) in [6.07, 6.45) is 0.487. The Hall–Kier alpha value is -2.42. The number of hydrogen-bond donors (Lipinski definition) is 2. The summed E-state index contributed by atoms with van der Waals surface area (Å²) in [4.78, 5) is 12.3. The van der Waals surface area contributed by atoms with Crippen LogP contribution in [0.4, 0.5) is 0 Å². The number of hydroxylamine groups is 1. The molecule has 1 unspecified atom stereocenters. The first-order valence-corrected chi connectivity index (χ1v) is 9.10. The average molecular weight is 362 g/mol. The van der Waals surface area contributed by atoms with Gasteiger partial charge in [0.2, 0.25) is 10.0 Å². The maximum absolute atomic E-state index is 13.1. The molecule has 2 aromatic carbocycles. The Morgan fingerprint density at radius 1 is 1.20 bits per heavy atom. The van der Waals surface area contributed by atoms with E-state index in [1.54, 1.807) is 29.7 Å². The fourth-order valence-electron chi connectivity index (χ4n) is 3.02. The first kappa shape index (κ1) is 17.4. The molecule has 1 aliphatic heterocycles. The van der Waals surface area contributed by atoms with Crippen molar-refractivity contribution in [3.8, 4) is 5.75 Å². The van der Waals surface area contributed by atoms with E-state index in [1.807, 2.05) is 12.1 Å². The summed E-state index contributed by atoms with van der Waals surface area (Å²) in [7, 11) is -2.44. The molecule has 25 heavy (non-hydrogen) atoms. The minimum absolute atomic E-state index is 0.0587. The molecule has 1 atom stereocenters. The standard InChI is InChI=1S/C17H18N2O5S/c1-24-13-6-8-14(9-7-13)25(22,23)19-11-10-12-4-2-3-5-15(12)16(19)17(20)18-21/h2-9,16,21H,10-11H2,1H3,(H,18,20). The van der Waals surface area contributed by atoms with E-state index in [9.17, 15) is 13.2 Å². The molecule has 0 fully saturated rings. The highest BCUT2D eigenvalue weighted by Gasteiger charge is 2.40. The van der Waals surface area contributed by atoms with E-state index in [2.05, 4.69) is 0 Å². The van der Waals surface area contributed by atoms with Gasteiger partial charge in [-0.1, -0.05) is 24.3 Å². The van der Waals surface area contributed by atoms with Gasteiger partial charge in [0.15, 0.2) is 0 Å². The van der Waals surface area contributed by atoms with E-state index in [1.165, 1.54) is 19.2 Å². The number of amides is 1. The highest BCUT2D eigenvalue weighted by Crippen LogP contribution is 2.34. The highest BCUT2D eigenvalue weighted by atomic mass is 32.2. The van der Waals surface area contributed by atoms with Crippen LogP contribution in [0.2, 0.25) is 0 Å². The van der Waals surface area contributed by atoms with Gasteiger partial charge in [-0.15, -0.1) is 0 Å². The number of benzene rings is 2. The van der Waals surface area contributed by atoms with Gasteiger partial charge in [-0.2, -0.15) is 4.31 Å². The lowest BCUT2D eigenvalue weighted by molar-refractivity contribution is -0.133. The number of carbonyl (C=O) groups is 1. The van der Waals surface area contributed by atoms with Crippen LogP contribution in [0.15, 0.2) is 53.4 Å². The van der Waals surface area contributed by atoms with Crippen molar-refractivity contribution in [2.75, 3.05) is 13.7 Å². The molecule has 0 saturated heterocycles. The number of carbonyl (C=O) groups excluding carboxylic acids is 1. The number of fused-ring (bicyclic) bond motifs is 1. The van der Waals surface area contributed by atoms with Crippen molar-refractivity contribution in [3.05, 3.63) is 59.7 Å². The van der Waals surface area contributed by atoms with E-state index < -0.39 is 22.0 Å². The van der Waals surface area contributed by atoms with E-state index in [-0.39, 0.29) is 11.4 Å². The molecule has 0 radical (unpaired) electrons. The predicted molar refractivity (Wildman–Crippen MR) is 89.7 cm³/mol. The molecule has 0 aliphatic carbocycles. The van der Waals surface area contributed by atoms with Crippen molar-refractivity contribution in [1.29, 1.82) is 0 Å². The third-order valence-electron chi connectivity index (χ3n) is 4.26. The average Bonchev–Trinajstić information content (AvgIpc) is 2.66. The summed E-state index contributed by atoms with van der Waals surface area (Å²) < 4.78 is 32.3. The van der Waals surface area contributed by atoms with Crippen molar-refractivity contribution in [2.24, 2.45) is 0 Å². The molecule has 0 bridgehead atoms. The van der Waals surface area contributed by atoms with Gasteiger partial charge in [-0.25, -0.2) is 13.9 Å². The zero-order valence-corrected chi connectivity index (χ0v) is 14.4. The molecular formula is C17H18N2O5S. The monoisotopic (exact) mass is 362 g/mol. The van der Waals surface area contributed by atoms with Crippen LogP contribution in [0.5, 0.6) is 5.75 Å². The van der Waals surface area contributed by atoms with Crippen molar-refractivity contribution in [3.63, 3.8) is 0 Å². The Labute approximate surface area is 145 Å². The summed E-state index contributed by atoms with van der Waals surface area (Å²) in [5, 5.41) is 9.10. The van der Waals surface area contributed by atoms with Gasteiger partial charge in [-0.05, 0) is 41.8 Å². The number of nitrogens with zero attached hydrogens (tertiary/aromatic N) is 1. The van der Waals surface area contributed by atoms with Crippen molar-refractivity contribution < 1.29 is 23.2 Å². The number of hydrogen-bond acceptors (Lipinski definition) is 5. The molecular weight excluding hydrogens is 344 g/mol. The number of nitrogens with one attached hydrogen (secondary N) is 1. The quantitative estimate of drug-likeness (QED) is 0.635. The fraction of sp³-hybridized carbons (Fsp3) is 0.235. The minimum Gasteiger partial charge on any atom is -0.497 e. The number of methoxy groups -OCH3 is 1. The molecule has 1 heterocycles. The molecule has 2 N–H and O–H groups in total. The zero-order chi connectivity index (χ0) is 18.0. The normalized spacial score (nSPS) is 17.6. The fourth-order valence-corrected chi connectivity index (χ4v) is 4.59. The third kappa shape index (κ3) is 3.11. The molecule has 8 heteroatoms. The minimum atomic E-state index is -3.93. The topological polar surface area (TPSA) is 95.9 Å². The van der Waals surface area contributed by atoms with Crippen LogP contribution < -0.4 is 10.2 Å². The van der Waals surface area contributed by atoms with Crippen molar-refractivity contribution in [2.45, 2.75) is 17.4 Å². The summed E-state index contributed by atoms with van der Waals surface area (Å²) in [5.74, 6) is -0.253. The van der Waals surface area contributed by atoms with Crippen molar-refractivity contribution in [1.82, 2.24) is 9.79 Å². The van der Waals surface area contributed by atoms with Crippen LogP contribution in [0, 0.1) is 0 Å². The Balaban J connectivity index is 2.06. The zero-order valence-electron chi connectivity index (χ0n) is 13.5. The second-order valence-corrected chi connectivity index (χ2v) is 7.51. The lowest BCUT2D eigenvalue weighted by atomic mass is 9.94. The molecule has 1 aliphatic rings. The second kappa shape index (κ2) is 6.83. The van der Waals surface area contributed by atoms with Crippen LogP contribution in [0.3, 0.4) is 0 Å². The number of rotatable bonds is 4. The predicted octanol–water partition coefficient (Wildman–Crippen LogP) is 1.49. The van der Waals surface area contributed by atoms with Crippen LogP contribution in [-0.4, -0.2) is 37.5 Å². The smallest absolute Gasteiger partial charge is 0.266 e. The summed E-state index contributed by atoms with van der Waals surface area (Å²) in [5.41, 5.74) is 3.04. The largest absolute Gasteiger partial charge is 0.497 e. The van der Waals surface area contributed by atoms with Gasteiger partial charge < -0.3 is 4.74 Å². The lowest BCUT2D eigenvalue weighted by Crippen LogP contribution is -2.46. The van der Waals surface area contributed by atoms with E-state index in [0.717, 1.165) is 9.87 Å².